The maximum Gasteiger partial charge on any atom is 0.253 e. The molecule has 1 amide bonds. The number of nitrogens with zero attached hydrogens (tertiary/aromatic N) is 2. The zero-order valence-corrected chi connectivity index (χ0v) is 15.0. The number of aromatic hydroxyl groups is 1. The molecular weight excluding hydrogens is 347 g/mol. The molecule has 2 aliphatic rings. The van der Waals surface area contributed by atoms with Crippen LogP contribution in [0, 0.1) is 5.82 Å². The van der Waals surface area contributed by atoms with Gasteiger partial charge >= 0.3 is 0 Å². The molecule has 2 heterocycles. The molecule has 27 heavy (non-hydrogen) atoms. The topological polar surface area (TPSA) is 77.5 Å². The number of aromatic nitrogens is 1. The molecule has 0 spiro atoms. The van der Waals surface area contributed by atoms with E-state index in [2.05, 4.69) is 20.5 Å². The number of pyridine rings is 1. The van der Waals surface area contributed by atoms with Gasteiger partial charge in [-0.3, -0.25) is 4.79 Å². The van der Waals surface area contributed by atoms with Gasteiger partial charge in [-0.25, -0.2) is 9.37 Å². The third-order valence-electron chi connectivity index (χ3n) is 5.06. The second-order valence-electron chi connectivity index (χ2n) is 7.24. The van der Waals surface area contributed by atoms with Crippen molar-refractivity contribution >= 4 is 11.7 Å². The summed E-state index contributed by atoms with van der Waals surface area (Å²) in [6.45, 7) is 2.04. The number of hydrogen-bond acceptors (Lipinski definition) is 5. The fraction of sp³-hybridized carbons (Fsp3) is 0.400. The van der Waals surface area contributed by atoms with E-state index >= 15 is 0 Å². The monoisotopic (exact) mass is 370 g/mol. The summed E-state index contributed by atoms with van der Waals surface area (Å²) in [5.74, 6) is 0.524. The van der Waals surface area contributed by atoms with Gasteiger partial charge in [0.05, 0.1) is 5.56 Å². The molecule has 1 saturated carbocycles. The van der Waals surface area contributed by atoms with E-state index < -0.39 is 0 Å². The first kappa shape index (κ1) is 17.7. The van der Waals surface area contributed by atoms with Crippen molar-refractivity contribution in [2.24, 2.45) is 0 Å². The van der Waals surface area contributed by atoms with E-state index in [1.54, 1.807) is 6.20 Å². The van der Waals surface area contributed by atoms with E-state index in [9.17, 15) is 14.3 Å². The predicted molar refractivity (Wildman–Crippen MR) is 100 cm³/mol. The summed E-state index contributed by atoms with van der Waals surface area (Å²) in [7, 11) is 0. The van der Waals surface area contributed by atoms with Crippen LogP contribution in [0.4, 0.5) is 10.2 Å². The van der Waals surface area contributed by atoms with Gasteiger partial charge in [-0.05, 0) is 49.6 Å². The normalized spacial score (nSPS) is 19.3. The standard InChI is InChI=1S/C20H23FN4O2/c21-15-2-5-18(26)14(9-15)11-22-17-7-8-25(12-17)19-6-1-13(10-23-19)20(27)24-16-3-4-16/h1-2,5-6,9-10,16-17,22,26H,3-4,7-8,11-12H2,(H,24,27). The molecule has 1 aliphatic heterocycles. The minimum atomic E-state index is -0.354. The van der Waals surface area contributed by atoms with Crippen molar-refractivity contribution in [1.29, 1.82) is 0 Å². The van der Waals surface area contributed by atoms with E-state index in [1.165, 1.54) is 18.2 Å². The number of benzene rings is 1. The van der Waals surface area contributed by atoms with Gasteiger partial charge in [0, 0.05) is 43.5 Å². The van der Waals surface area contributed by atoms with E-state index in [1.807, 2.05) is 12.1 Å². The van der Waals surface area contributed by atoms with Crippen LogP contribution in [0.5, 0.6) is 5.75 Å². The lowest BCUT2D eigenvalue weighted by atomic mass is 10.1. The number of phenols is 1. The van der Waals surface area contributed by atoms with Crippen LogP contribution < -0.4 is 15.5 Å². The average molecular weight is 370 g/mol. The maximum atomic E-state index is 13.3. The lowest BCUT2D eigenvalue weighted by Gasteiger charge is -2.18. The van der Waals surface area contributed by atoms with Gasteiger partial charge in [-0.15, -0.1) is 0 Å². The van der Waals surface area contributed by atoms with Crippen LogP contribution >= 0.6 is 0 Å². The zero-order chi connectivity index (χ0) is 18.8. The molecule has 142 valence electrons. The molecule has 2 aromatic rings. The highest BCUT2D eigenvalue weighted by Crippen LogP contribution is 2.22. The molecule has 1 aromatic heterocycles. The summed E-state index contributed by atoms with van der Waals surface area (Å²) in [6.07, 6.45) is 4.68. The van der Waals surface area contributed by atoms with Gasteiger partial charge in [-0.2, -0.15) is 0 Å². The Morgan fingerprint density at radius 2 is 2.07 bits per heavy atom. The smallest absolute Gasteiger partial charge is 0.253 e. The van der Waals surface area contributed by atoms with Crippen molar-refractivity contribution in [2.45, 2.75) is 37.9 Å². The molecule has 7 heteroatoms. The minimum Gasteiger partial charge on any atom is -0.508 e. The van der Waals surface area contributed by atoms with E-state index in [0.717, 1.165) is 38.2 Å². The molecular formula is C20H23FN4O2. The fourth-order valence-electron chi connectivity index (χ4n) is 3.29. The van der Waals surface area contributed by atoms with Gasteiger partial charge in [-0.1, -0.05) is 0 Å². The third-order valence-corrected chi connectivity index (χ3v) is 5.06. The fourth-order valence-corrected chi connectivity index (χ4v) is 3.29. The number of amides is 1. The van der Waals surface area contributed by atoms with Gasteiger partial charge < -0.3 is 20.6 Å². The predicted octanol–water partition coefficient (Wildman–Crippen LogP) is 2.19. The molecule has 3 N–H and O–H groups in total. The number of carbonyl (C=O) groups excluding carboxylic acids is 1. The molecule has 4 rings (SSSR count). The highest BCUT2D eigenvalue weighted by Gasteiger charge is 2.25. The number of carbonyl (C=O) groups is 1. The molecule has 1 atom stereocenters. The summed E-state index contributed by atoms with van der Waals surface area (Å²) in [5, 5.41) is 16.1. The Hall–Kier alpha value is -2.67. The molecule has 0 bridgehead atoms. The minimum absolute atomic E-state index is 0.0626. The molecule has 2 fully saturated rings. The first-order valence-corrected chi connectivity index (χ1v) is 9.31. The van der Waals surface area contributed by atoms with E-state index in [-0.39, 0.29) is 23.5 Å². The largest absolute Gasteiger partial charge is 0.508 e. The summed E-state index contributed by atoms with van der Waals surface area (Å²) < 4.78 is 13.3. The number of phenolic OH excluding ortho intramolecular Hbond substituents is 1. The Balaban J connectivity index is 1.31. The quantitative estimate of drug-likeness (QED) is 0.727. The second-order valence-corrected chi connectivity index (χ2v) is 7.24. The highest BCUT2D eigenvalue weighted by atomic mass is 19.1. The molecule has 1 aromatic carbocycles. The van der Waals surface area contributed by atoms with Crippen molar-refractivity contribution in [3.05, 3.63) is 53.5 Å². The molecule has 0 radical (unpaired) electrons. The van der Waals surface area contributed by atoms with Crippen molar-refractivity contribution in [2.75, 3.05) is 18.0 Å². The van der Waals surface area contributed by atoms with E-state index in [4.69, 9.17) is 0 Å². The Morgan fingerprint density at radius 3 is 2.81 bits per heavy atom. The van der Waals surface area contributed by atoms with E-state index in [0.29, 0.717) is 23.7 Å². The van der Waals surface area contributed by atoms with Crippen LogP contribution in [0.2, 0.25) is 0 Å². The van der Waals surface area contributed by atoms with Gasteiger partial charge in [0.25, 0.3) is 5.91 Å². The summed E-state index contributed by atoms with van der Waals surface area (Å²) in [6, 6.07) is 8.22. The van der Waals surface area contributed by atoms with Crippen LogP contribution in [0.15, 0.2) is 36.5 Å². The number of nitrogens with one attached hydrogen (secondary N) is 2. The Bertz CT molecular complexity index is 823. The molecule has 6 nitrogen and oxygen atoms in total. The van der Waals surface area contributed by atoms with Crippen molar-refractivity contribution in [3.8, 4) is 5.75 Å². The zero-order valence-electron chi connectivity index (χ0n) is 15.0. The van der Waals surface area contributed by atoms with Crippen molar-refractivity contribution in [3.63, 3.8) is 0 Å². The second kappa shape index (κ2) is 7.52. The highest BCUT2D eigenvalue weighted by molar-refractivity contribution is 5.94. The van der Waals surface area contributed by atoms with Crippen molar-refractivity contribution < 1.29 is 14.3 Å². The summed E-state index contributed by atoms with van der Waals surface area (Å²) >= 11 is 0. The molecule has 1 unspecified atom stereocenters. The first-order valence-electron chi connectivity index (χ1n) is 9.31. The van der Waals surface area contributed by atoms with Crippen LogP contribution in [0.25, 0.3) is 0 Å². The van der Waals surface area contributed by atoms with Gasteiger partial charge in [0.15, 0.2) is 0 Å². The lowest BCUT2D eigenvalue weighted by Crippen LogP contribution is -2.32. The number of hydrogen-bond donors (Lipinski definition) is 3. The molecule has 1 saturated heterocycles. The summed E-state index contributed by atoms with van der Waals surface area (Å²) in [4.78, 5) is 18.6. The number of rotatable bonds is 6. The van der Waals surface area contributed by atoms with Crippen LogP contribution in [-0.4, -0.2) is 41.2 Å². The summed E-state index contributed by atoms with van der Waals surface area (Å²) in [5.41, 5.74) is 1.14. The third kappa shape index (κ3) is 4.36. The molecule has 1 aliphatic carbocycles. The lowest BCUT2D eigenvalue weighted by molar-refractivity contribution is 0.0950. The SMILES string of the molecule is O=C(NC1CC1)c1ccc(N2CCC(NCc3cc(F)ccc3O)C2)nc1. The van der Waals surface area contributed by atoms with Crippen LogP contribution in [0.1, 0.15) is 35.2 Å². The Kier molecular flexibility index (Phi) is 4.94. The Morgan fingerprint density at radius 1 is 1.22 bits per heavy atom. The van der Waals surface area contributed by atoms with Crippen molar-refractivity contribution in [1.82, 2.24) is 15.6 Å². The van der Waals surface area contributed by atoms with Gasteiger partial charge in [0.1, 0.15) is 17.4 Å². The maximum absolute atomic E-state index is 13.3. The Labute approximate surface area is 157 Å². The van der Waals surface area contributed by atoms with Crippen LogP contribution in [-0.2, 0) is 6.54 Å². The number of anilines is 1. The van der Waals surface area contributed by atoms with Crippen LogP contribution in [0.3, 0.4) is 0 Å². The number of halogens is 1. The first-order chi connectivity index (χ1) is 13.1. The average Bonchev–Trinajstić information content (AvgIpc) is 3.36. The van der Waals surface area contributed by atoms with Gasteiger partial charge in [0.2, 0.25) is 0 Å².